The maximum atomic E-state index is 6.35. The molecular weight excluding hydrogens is 258 g/mol. The van der Waals surface area contributed by atoms with E-state index in [-0.39, 0.29) is 11.6 Å². The lowest BCUT2D eigenvalue weighted by atomic mass is 9.79. The summed E-state index contributed by atoms with van der Waals surface area (Å²) in [5.74, 6) is 0.344. The Morgan fingerprint density at radius 3 is 2.52 bits per heavy atom. The second-order valence-electron chi connectivity index (χ2n) is 6.64. The Morgan fingerprint density at radius 1 is 0.952 bits per heavy atom. The lowest BCUT2D eigenvalue weighted by Crippen LogP contribution is -2.48. The van der Waals surface area contributed by atoms with E-state index in [1.54, 1.807) is 0 Å². The molecule has 2 aromatic rings. The molecule has 2 atom stereocenters. The molecule has 3 aliphatic rings. The average Bonchev–Trinajstić information content (AvgIpc) is 3.04. The maximum absolute atomic E-state index is 6.35. The third-order valence-electron chi connectivity index (χ3n) is 5.18. The highest BCUT2D eigenvalue weighted by Crippen LogP contribution is 2.60. The molecule has 2 heteroatoms. The van der Waals surface area contributed by atoms with E-state index in [1.807, 2.05) is 0 Å². The first-order valence-electron chi connectivity index (χ1n) is 7.55. The highest BCUT2D eigenvalue weighted by Gasteiger charge is 2.54. The topological polar surface area (TPSA) is 12.5 Å². The van der Waals surface area contributed by atoms with E-state index in [0.717, 1.165) is 0 Å². The molecule has 1 saturated heterocycles. The van der Waals surface area contributed by atoms with Gasteiger partial charge in [0.15, 0.2) is 0 Å². The molecule has 2 aromatic carbocycles. The van der Waals surface area contributed by atoms with Crippen molar-refractivity contribution in [2.45, 2.75) is 31.4 Å². The van der Waals surface area contributed by atoms with Gasteiger partial charge in [0.1, 0.15) is 6.10 Å². The van der Waals surface area contributed by atoms with Crippen LogP contribution in [0.2, 0.25) is 0 Å². The van der Waals surface area contributed by atoms with E-state index >= 15 is 0 Å². The minimum absolute atomic E-state index is 0.115. The summed E-state index contributed by atoms with van der Waals surface area (Å²) < 4.78 is 0. The number of anilines is 1. The first-order valence-corrected chi connectivity index (χ1v) is 7.55. The van der Waals surface area contributed by atoms with Gasteiger partial charge < -0.3 is 0 Å². The van der Waals surface area contributed by atoms with Gasteiger partial charge in [-0.3, -0.25) is 4.84 Å². The molecule has 0 aromatic heterocycles. The van der Waals surface area contributed by atoms with Crippen molar-refractivity contribution in [2.75, 3.05) is 5.06 Å². The molecule has 104 valence electrons. The molecule has 2 heterocycles. The van der Waals surface area contributed by atoms with Crippen molar-refractivity contribution in [3.05, 3.63) is 70.8 Å². The van der Waals surface area contributed by atoms with E-state index in [4.69, 9.17) is 4.84 Å². The van der Waals surface area contributed by atoms with Gasteiger partial charge in [0.05, 0.1) is 11.2 Å². The molecule has 0 saturated carbocycles. The van der Waals surface area contributed by atoms with Gasteiger partial charge in [0, 0.05) is 11.5 Å². The molecule has 0 spiro atoms. The largest absolute Gasteiger partial charge is 0.263 e. The van der Waals surface area contributed by atoms with Gasteiger partial charge in [0.2, 0.25) is 0 Å². The summed E-state index contributed by atoms with van der Waals surface area (Å²) in [6, 6.07) is 17.3. The van der Waals surface area contributed by atoms with Gasteiger partial charge in [-0.05, 0) is 36.6 Å². The van der Waals surface area contributed by atoms with Crippen LogP contribution in [0.4, 0.5) is 5.69 Å². The maximum Gasteiger partial charge on any atom is 0.123 e. The number of hydroxylamine groups is 1. The summed E-state index contributed by atoms with van der Waals surface area (Å²) >= 11 is 0. The Hall–Kier alpha value is -2.06. The highest BCUT2D eigenvalue weighted by molar-refractivity contribution is 5.75. The van der Waals surface area contributed by atoms with E-state index in [9.17, 15) is 0 Å². The lowest BCUT2D eigenvalue weighted by Gasteiger charge is -2.44. The number of fused-ring (bicyclic) bond motifs is 9. The number of para-hydroxylation sites is 1. The predicted octanol–water partition coefficient (Wildman–Crippen LogP) is 4.45. The third-order valence-corrected chi connectivity index (χ3v) is 5.18. The predicted molar refractivity (Wildman–Crippen MR) is 84.0 cm³/mol. The first-order chi connectivity index (χ1) is 10.2. The van der Waals surface area contributed by atoms with Crippen LogP contribution >= 0.6 is 0 Å². The van der Waals surface area contributed by atoms with Crippen LogP contribution in [0.5, 0.6) is 0 Å². The molecule has 2 aliphatic heterocycles. The SMILES string of the molecule is CC1(C)C2=Cc3ccccc3[C@H]2[C@@H]2ON1c1ccccc12. The molecule has 1 aliphatic carbocycles. The van der Waals surface area contributed by atoms with Crippen molar-refractivity contribution in [1.29, 1.82) is 0 Å². The molecule has 0 amide bonds. The second kappa shape index (κ2) is 3.58. The van der Waals surface area contributed by atoms with Crippen LogP contribution in [0.3, 0.4) is 0 Å². The van der Waals surface area contributed by atoms with Crippen LogP contribution in [0.25, 0.3) is 6.08 Å². The molecular formula is C19H17NO. The fourth-order valence-corrected chi connectivity index (χ4v) is 4.16. The van der Waals surface area contributed by atoms with Crippen molar-refractivity contribution >= 4 is 11.8 Å². The summed E-state index contributed by atoms with van der Waals surface area (Å²) in [5.41, 5.74) is 6.64. The fourth-order valence-electron chi connectivity index (χ4n) is 4.16. The minimum Gasteiger partial charge on any atom is -0.263 e. The summed E-state index contributed by atoms with van der Waals surface area (Å²) in [6.45, 7) is 4.52. The van der Waals surface area contributed by atoms with Crippen LogP contribution in [-0.4, -0.2) is 5.54 Å². The Morgan fingerprint density at radius 2 is 1.67 bits per heavy atom. The van der Waals surface area contributed by atoms with Gasteiger partial charge in [-0.15, -0.1) is 0 Å². The van der Waals surface area contributed by atoms with Crippen LogP contribution in [0, 0.1) is 0 Å². The van der Waals surface area contributed by atoms with Crippen molar-refractivity contribution in [2.24, 2.45) is 0 Å². The average molecular weight is 275 g/mol. The zero-order valence-corrected chi connectivity index (χ0v) is 12.2. The van der Waals surface area contributed by atoms with E-state index in [0.29, 0.717) is 5.92 Å². The quantitative estimate of drug-likeness (QED) is 0.704. The minimum atomic E-state index is -0.118. The zero-order valence-electron chi connectivity index (χ0n) is 12.2. The van der Waals surface area contributed by atoms with E-state index in [1.165, 1.54) is 28.0 Å². The monoisotopic (exact) mass is 275 g/mol. The van der Waals surface area contributed by atoms with Gasteiger partial charge in [-0.25, -0.2) is 5.06 Å². The van der Waals surface area contributed by atoms with Gasteiger partial charge in [0.25, 0.3) is 0 Å². The van der Waals surface area contributed by atoms with Crippen molar-refractivity contribution in [1.82, 2.24) is 0 Å². The molecule has 5 rings (SSSR count). The van der Waals surface area contributed by atoms with Crippen molar-refractivity contribution in [3.8, 4) is 0 Å². The molecule has 21 heavy (non-hydrogen) atoms. The molecule has 2 bridgehead atoms. The summed E-state index contributed by atoms with van der Waals surface area (Å²) in [6.07, 6.45) is 2.48. The molecule has 0 unspecified atom stereocenters. The molecule has 1 fully saturated rings. The molecule has 0 radical (unpaired) electrons. The van der Waals surface area contributed by atoms with Gasteiger partial charge in [-0.1, -0.05) is 48.5 Å². The standard InChI is InChI=1S/C19H17NO/c1-19(2)15-11-12-7-3-4-8-13(12)17(15)18-14-9-5-6-10-16(14)20(19)21-18/h3-11,17-18H,1-2H3/t17-,18-/m1/s1. The van der Waals surface area contributed by atoms with Crippen LogP contribution in [-0.2, 0) is 4.84 Å². The van der Waals surface area contributed by atoms with Gasteiger partial charge in [-0.2, -0.15) is 0 Å². The van der Waals surface area contributed by atoms with Crippen LogP contribution < -0.4 is 5.06 Å². The lowest BCUT2D eigenvalue weighted by molar-refractivity contribution is -0.0119. The Labute approximate surface area is 124 Å². The normalized spacial score (nSPS) is 27.0. The van der Waals surface area contributed by atoms with E-state index in [2.05, 4.69) is 73.5 Å². The Balaban J connectivity index is 1.80. The number of hydrogen-bond acceptors (Lipinski definition) is 2. The summed E-state index contributed by atoms with van der Waals surface area (Å²) in [5, 5.41) is 2.11. The highest BCUT2D eigenvalue weighted by atomic mass is 16.7. The number of rotatable bonds is 0. The number of hydrogen-bond donors (Lipinski definition) is 0. The Kier molecular flexibility index (Phi) is 1.97. The zero-order chi connectivity index (χ0) is 14.2. The summed E-state index contributed by atoms with van der Waals surface area (Å²) in [4.78, 5) is 6.35. The molecule has 0 N–H and O–H groups in total. The third kappa shape index (κ3) is 1.27. The van der Waals surface area contributed by atoms with E-state index < -0.39 is 0 Å². The Bertz CT molecular complexity index is 790. The summed E-state index contributed by atoms with van der Waals surface area (Å²) in [7, 11) is 0. The number of benzene rings is 2. The van der Waals surface area contributed by atoms with Crippen LogP contribution in [0.15, 0.2) is 54.1 Å². The number of nitrogens with zero attached hydrogens (tertiary/aromatic N) is 1. The fraction of sp³-hybridized carbons (Fsp3) is 0.263. The first kappa shape index (κ1) is 11.6. The smallest absolute Gasteiger partial charge is 0.123 e. The van der Waals surface area contributed by atoms with Crippen molar-refractivity contribution < 1.29 is 4.84 Å². The second-order valence-corrected chi connectivity index (χ2v) is 6.64. The van der Waals surface area contributed by atoms with Gasteiger partial charge >= 0.3 is 0 Å². The molecule has 2 nitrogen and oxygen atoms in total. The van der Waals surface area contributed by atoms with Crippen LogP contribution in [0.1, 0.15) is 42.6 Å². The van der Waals surface area contributed by atoms with Crippen molar-refractivity contribution in [3.63, 3.8) is 0 Å².